The predicted octanol–water partition coefficient (Wildman–Crippen LogP) is 0.0774. The molecule has 2 fully saturated rings. The Bertz CT molecular complexity index is 247. The molecule has 0 spiro atoms. The summed E-state index contributed by atoms with van der Waals surface area (Å²) in [6, 6.07) is 1.71. The summed E-state index contributed by atoms with van der Waals surface area (Å²) >= 11 is 0. The van der Waals surface area contributed by atoms with E-state index in [9.17, 15) is 5.11 Å². The largest absolute Gasteiger partial charge is 0.395 e. The number of hydrogen-bond donors (Lipinski definition) is 1. The Hall–Kier alpha value is -0.160. The topological polar surface area (TPSA) is 30.0 Å². The fourth-order valence-electron chi connectivity index (χ4n) is 3.03. The standard InChI is InChI=1S/C13H27N3O/c1-11(2)15-5-4-12(8-15)16-7-6-14(3)13(9-16)10-17/h11-13,17H,4-10H2,1-3H3. The monoisotopic (exact) mass is 241 g/mol. The van der Waals surface area contributed by atoms with E-state index in [-0.39, 0.29) is 6.61 Å². The van der Waals surface area contributed by atoms with Crippen molar-refractivity contribution in [2.75, 3.05) is 46.4 Å². The Labute approximate surface area is 105 Å². The van der Waals surface area contributed by atoms with E-state index in [0.717, 1.165) is 19.6 Å². The predicted molar refractivity (Wildman–Crippen MR) is 70.2 cm³/mol. The molecule has 2 unspecified atom stereocenters. The van der Waals surface area contributed by atoms with Crippen molar-refractivity contribution in [2.24, 2.45) is 0 Å². The summed E-state index contributed by atoms with van der Waals surface area (Å²) in [4.78, 5) is 7.44. The van der Waals surface area contributed by atoms with E-state index in [4.69, 9.17) is 0 Å². The van der Waals surface area contributed by atoms with Crippen LogP contribution in [0.5, 0.6) is 0 Å². The highest BCUT2D eigenvalue weighted by Crippen LogP contribution is 2.20. The minimum Gasteiger partial charge on any atom is -0.395 e. The van der Waals surface area contributed by atoms with Crippen LogP contribution >= 0.6 is 0 Å². The summed E-state index contributed by atoms with van der Waals surface area (Å²) in [5.74, 6) is 0. The van der Waals surface area contributed by atoms with Gasteiger partial charge in [-0.05, 0) is 27.3 Å². The lowest BCUT2D eigenvalue weighted by Crippen LogP contribution is -2.56. The Balaban J connectivity index is 1.87. The number of likely N-dealkylation sites (N-methyl/N-ethyl adjacent to an activating group) is 1. The van der Waals surface area contributed by atoms with Crippen molar-refractivity contribution in [3.63, 3.8) is 0 Å². The quantitative estimate of drug-likeness (QED) is 0.758. The third kappa shape index (κ3) is 2.99. The molecule has 0 amide bonds. The van der Waals surface area contributed by atoms with E-state index in [2.05, 4.69) is 35.6 Å². The van der Waals surface area contributed by atoms with Crippen LogP contribution in [0.2, 0.25) is 0 Å². The number of aliphatic hydroxyl groups is 1. The Morgan fingerprint density at radius 2 is 1.94 bits per heavy atom. The van der Waals surface area contributed by atoms with Gasteiger partial charge < -0.3 is 5.11 Å². The van der Waals surface area contributed by atoms with Crippen LogP contribution in [-0.4, -0.2) is 84.3 Å². The molecule has 2 aliphatic heterocycles. The zero-order valence-corrected chi connectivity index (χ0v) is 11.5. The molecule has 4 heteroatoms. The SMILES string of the molecule is CC(C)N1CCC(N2CCN(C)C(CO)C2)C1. The first kappa shape index (κ1) is 13.3. The molecule has 0 aromatic carbocycles. The number of hydrogen-bond acceptors (Lipinski definition) is 4. The second kappa shape index (κ2) is 5.65. The van der Waals surface area contributed by atoms with Crippen LogP contribution in [0.1, 0.15) is 20.3 Å². The summed E-state index contributed by atoms with van der Waals surface area (Å²) < 4.78 is 0. The van der Waals surface area contributed by atoms with Crippen LogP contribution in [0.4, 0.5) is 0 Å². The molecule has 2 aliphatic rings. The molecule has 1 N–H and O–H groups in total. The summed E-state index contributed by atoms with van der Waals surface area (Å²) in [5, 5.41) is 9.38. The fourth-order valence-corrected chi connectivity index (χ4v) is 3.03. The Morgan fingerprint density at radius 3 is 2.53 bits per heavy atom. The summed E-state index contributed by atoms with van der Waals surface area (Å²) in [5.41, 5.74) is 0. The number of nitrogens with zero attached hydrogens (tertiary/aromatic N) is 3. The summed E-state index contributed by atoms with van der Waals surface area (Å²) in [6.45, 7) is 10.6. The van der Waals surface area contributed by atoms with Gasteiger partial charge in [0.15, 0.2) is 0 Å². The summed E-state index contributed by atoms with van der Waals surface area (Å²) in [6.07, 6.45) is 1.29. The molecule has 2 atom stereocenters. The van der Waals surface area contributed by atoms with Gasteiger partial charge in [0.2, 0.25) is 0 Å². The molecule has 2 saturated heterocycles. The van der Waals surface area contributed by atoms with Gasteiger partial charge >= 0.3 is 0 Å². The van der Waals surface area contributed by atoms with Crippen LogP contribution in [0.3, 0.4) is 0 Å². The molecule has 100 valence electrons. The van der Waals surface area contributed by atoms with E-state index in [1.807, 2.05) is 0 Å². The van der Waals surface area contributed by atoms with Gasteiger partial charge in [-0.3, -0.25) is 14.7 Å². The van der Waals surface area contributed by atoms with Crippen molar-refractivity contribution >= 4 is 0 Å². The summed E-state index contributed by atoms with van der Waals surface area (Å²) in [7, 11) is 2.12. The number of aliphatic hydroxyl groups excluding tert-OH is 1. The smallest absolute Gasteiger partial charge is 0.0599 e. The highest BCUT2D eigenvalue weighted by Gasteiger charge is 2.33. The first-order valence-corrected chi connectivity index (χ1v) is 6.91. The number of rotatable bonds is 3. The zero-order valence-electron chi connectivity index (χ0n) is 11.5. The molecule has 0 aromatic heterocycles. The molecule has 2 heterocycles. The lowest BCUT2D eigenvalue weighted by Gasteiger charge is -2.41. The normalized spacial score (nSPS) is 33.7. The minimum absolute atomic E-state index is 0.285. The highest BCUT2D eigenvalue weighted by atomic mass is 16.3. The molecule has 0 bridgehead atoms. The van der Waals surface area contributed by atoms with E-state index < -0.39 is 0 Å². The van der Waals surface area contributed by atoms with Crippen molar-refractivity contribution in [2.45, 2.75) is 38.4 Å². The second-order valence-electron chi connectivity index (χ2n) is 5.84. The molecule has 17 heavy (non-hydrogen) atoms. The van der Waals surface area contributed by atoms with Gasteiger partial charge in [0.05, 0.1) is 6.61 Å². The van der Waals surface area contributed by atoms with Gasteiger partial charge in [0.1, 0.15) is 0 Å². The van der Waals surface area contributed by atoms with Gasteiger partial charge in [0.25, 0.3) is 0 Å². The molecule has 4 nitrogen and oxygen atoms in total. The lowest BCUT2D eigenvalue weighted by atomic mass is 10.1. The zero-order chi connectivity index (χ0) is 12.4. The lowest BCUT2D eigenvalue weighted by molar-refractivity contribution is 0.0365. The van der Waals surface area contributed by atoms with Gasteiger partial charge in [-0.1, -0.05) is 0 Å². The molecular formula is C13H27N3O. The first-order valence-electron chi connectivity index (χ1n) is 6.91. The molecule has 0 aromatic rings. The van der Waals surface area contributed by atoms with E-state index in [1.165, 1.54) is 19.5 Å². The van der Waals surface area contributed by atoms with E-state index >= 15 is 0 Å². The molecule has 2 rings (SSSR count). The van der Waals surface area contributed by atoms with Gasteiger partial charge in [-0.2, -0.15) is 0 Å². The first-order chi connectivity index (χ1) is 8.11. The van der Waals surface area contributed by atoms with Crippen molar-refractivity contribution in [3.8, 4) is 0 Å². The van der Waals surface area contributed by atoms with Crippen molar-refractivity contribution in [1.82, 2.24) is 14.7 Å². The average Bonchev–Trinajstić information content (AvgIpc) is 2.79. The van der Waals surface area contributed by atoms with E-state index in [0.29, 0.717) is 18.1 Å². The van der Waals surface area contributed by atoms with Crippen LogP contribution in [-0.2, 0) is 0 Å². The van der Waals surface area contributed by atoms with Crippen molar-refractivity contribution in [3.05, 3.63) is 0 Å². The van der Waals surface area contributed by atoms with E-state index in [1.54, 1.807) is 0 Å². The Kier molecular flexibility index (Phi) is 4.42. The maximum absolute atomic E-state index is 9.38. The average molecular weight is 241 g/mol. The van der Waals surface area contributed by atoms with Crippen molar-refractivity contribution in [1.29, 1.82) is 0 Å². The van der Waals surface area contributed by atoms with Gasteiger partial charge in [-0.15, -0.1) is 0 Å². The van der Waals surface area contributed by atoms with Crippen molar-refractivity contribution < 1.29 is 5.11 Å². The molecule has 0 radical (unpaired) electrons. The van der Waals surface area contributed by atoms with Crippen LogP contribution in [0, 0.1) is 0 Å². The van der Waals surface area contributed by atoms with Gasteiger partial charge in [-0.25, -0.2) is 0 Å². The third-order valence-electron chi connectivity index (χ3n) is 4.46. The van der Waals surface area contributed by atoms with Crippen LogP contribution in [0.15, 0.2) is 0 Å². The minimum atomic E-state index is 0.285. The number of piperazine rings is 1. The third-order valence-corrected chi connectivity index (χ3v) is 4.46. The maximum Gasteiger partial charge on any atom is 0.0599 e. The molecule has 0 aliphatic carbocycles. The van der Waals surface area contributed by atoms with Gasteiger partial charge in [0, 0.05) is 50.8 Å². The maximum atomic E-state index is 9.38. The second-order valence-corrected chi connectivity index (χ2v) is 5.84. The fraction of sp³-hybridized carbons (Fsp3) is 1.00. The highest BCUT2D eigenvalue weighted by molar-refractivity contribution is 4.89. The van der Waals surface area contributed by atoms with Crippen LogP contribution in [0.25, 0.3) is 0 Å². The molecule has 0 saturated carbocycles. The number of likely N-dealkylation sites (tertiary alicyclic amines) is 1. The Morgan fingerprint density at radius 1 is 1.18 bits per heavy atom. The van der Waals surface area contributed by atoms with Crippen LogP contribution < -0.4 is 0 Å². The molecular weight excluding hydrogens is 214 g/mol.